The lowest BCUT2D eigenvalue weighted by Gasteiger charge is -2.25. The van der Waals surface area contributed by atoms with Crippen LogP contribution < -0.4 is 10.6 Å². The number of rotatable bonds is 11. The Morgan fingerprint density at radius 2 is 1.55 bits per heavy atom. The predicted octanol–water partition coefficient (Wildman–Crippen LogP) is 5.34. The van der Waals surface area contributed by atoms with Crippen LogP contribution in [-0.2, 0) is 19.4 Å². The maximum Gasteiger partial charge on any atom is 0.253 e. The molecule has 0 radical (unpaired) electrons. The molecule has 8 heteroatoms. The molecule has 6 nitrogen and oxygen atoms in total. The van der Waals surface area contributed by atoms with Crippen molar-refractivity contribution >= 4 is 11.8 Å². The van der Waals surface area contributed by atoms with Gasteiger partial charge in [-0.05, 0) is 85.2 Å². The van der Waals surface area contributed by atoms with Crippen molar-refractivity contribution in [3.05, 3.63) is 106 Å². The second kappa shape index (κ2) is 15.0. The standard InChI is InChI=1S/C34H41F2N3O3/c1-3-24-9-8-10-25(15-24)21-37-22-32(40)31(18-26-16-29(35)20-30(36)17-26)38-33(41)27-13-23(2)14-28(19-27)34(42)39-11-6-4-5-7-12-39/h8-10,13-17,19-20,31-32,37,40H,3-7,11-12,18,21-22H2,1-2H3,(H,38,41)/t31-,32+/m0/s1. The van der Waals surface area contributed by atoms with Crippen LogP contribution in [0.25, 0.3) is 0 Å². The number of carbonyl (C=O) groups is 2. The molecule has 3 N–H and O–H groups in total. The number of amides is 2. The first-order valence-corrected chi connectivity index (χ1v) is 14.8. The summed E-state index contributed by atoms with van der Waals surface area (Å²) in [4.78, 5) is 28.6. The van der Waals surface area contributed by atoms with Crippen molar-refractivity contribution in [1.82, 2.24) is 15.5 Å². The lowest BCUT2D eigenvalue weighted by Crippen LogP contribution is -2.48. The smallest absolute Gasteiger partial charge is 0.253 e. The summed E-state index contributed by atoms with van der Waals surface area (Å²) in [5.41, 5.74) is 4.09. The minimum atomic E-state index is -1.06. The first-order chi connectivity index (χ1) is 20.2. The Morgan fingerprint density at radius 1 is 0.881 bits per heavy atom. The Balaban J connectivity index is 1.50. The Kier molecular flexibility index (Phi) is 11.2. The third-order valence-electron chi connectivity index (χ3n) is 7.72. The molecule has 0 aliphatic carbocycles. The molecule has 0 unspecified atom stereocenters. The van der Waals surface area contributed by atoms with Gasteiger partial charge in [0, 0.05) is 43.4 Å². The highest BCUT2D eigenvalue weighted by molar-refractivity contribution is 6.00. The first-order valence-electron chi connectivity index (χ1n) is 14.8. The molecule has 4 rings (SSSR count). The number of aryl methyl sites for hydroxylation is 2. The zero-order chi connectivity index (χ0) is 30.1. The average molecular weight is 578 g/mol. The lowest BCUT2D eigenvalue weighted by molar-refractivity contribution is 0.0761. The molecule has 2 amide bonds. The molecule has 1 aliphatic heterocycles. The summed E-state index contributed by atoms with van der Waals surface area (Å²) in [7, 11) is 0. The van der Waals surface area contributed by atoms with E-state index in [1.54, 1.807) is 18.2 Å². The van der Waals surface area contributed by atoms with Gasteiger partial charge in [0.2, 0.25) is 0 Å². The van der Waals surface area contributed by atoms with Crippen molar-refractivity contribution in [1.29, 1.82) is 0 Å². The zero-order valence-corrected chi connectivity index (χ0v) is 24.5. The van der Waals surface area contributed by atoms with E-state index in [0.717, 1.165) is 49.3 Å². The van der Waals surface area contributed by atoms with Gasteiger partial charge in [-0.3, -0.25) is 9.59 Å². The number of hydrogen-bond donors (Lipinski definition) is 3. The van der Waals surface area contributed by atoms with Crippen molar-refractivity contribution in [2.24, 2.45) is 0 Å². The van der Waals surface area contributed by atoms with Gasteiger partial charge >= 0.3 is 0 Å². The fourth-order valence-electron chi connectivity index (χ4n) is 5.48. The fourth-order valence-corrected chi connectivity index (χ4v) is 5.48. The number of nitrogens with zero attached hydrogens (tertiary/aromatic N) is 1. The highest BCUT2D eigenvalue weighted by atomic mass is 19.1. The number of likely N-dealkylation sites (tertiary alicyclic amines) is 1. The molecular formula is C34H41F2N3O3. The van der Waals surface area contributed by atoms with Crippen LogP contribution in [0.3, 0.4) is 0 Å². The summed E-state index contributed by atoms with van der Waals surface area (Å²) in [6, 6.07) is 15.5. The van der Waals surface area contributed by atoms with Crippen LogP contribution in [0.1, 0.15) is 75.6 Å². The van der Waals surface area contributed by atoms with Gasteiger partial charge < -0.3 is 20.6 Å². The molecule has 1 fully saturated rings. The molecule has 2 atom stereocenters. The van der Waals surface area contributed by atoms with E-state index in [-0.39, 0.29) is 18.9 Å². The number of halogens is 2. The molecule has 0 saturated carbocycles. The van der Waals surface area contributed by atoms with Crippen LogP contribution in [-0.4, -0.2) is 53.6 Å². The first kappa shape index (κ1) is 31.3. The Morgan fingerprint density at radius 3 is 2.24 bits per heavy atom. The van der Waals surface area contributed by atoms with E-state index in [4.69, 9.17) is 0 Å². The number of nitrogens with one attached hydrogen (secondary N) is 2. The quantitative estimate of drug-likeness (QED) is 0.287. The number of benzene rings is 3. The SMILES string of the molecule is CCc1cccc(CNC[C@@H](O)[C@H](Cc2cc(F)cc(F)c2)NC(=O)c2cc(C)cc(C(=O)N3CCCCCC3)c2)c1. The molecule has 3 aromatic rings. The number of carbonyl (C=O) groups excluding carboxylic acids is 2. The lowest BCUT2D eigenvalue weighted by atomic mass is 9.99. The van der Waals surface area contributed by atoms with Gasteiger partial charge in [0.1, 0.15) is 11.6 Å². The molecule has 1 heterocycles. The maximum absolute atomic E-state index is 14.0. The van der Waals surface area contributed by atoms with Gasteiger partial charge in [-0.15, -0.1) is 0 Å². The minimum absolute atomic E-state index is 0.0139. The number of aliphatic hydroxyl groups is 1. The third kappa shape index (κ3) is 8.94. The van der Waals surface area contributed by atoms with Crippen molar-refractivity contribution in [2.75, 3.05) is 19.6 Å². The Hall–Kier alpha value is -3.62. The van der Waals surface area contributed by atoms with Gasteiger partial charge in [-0.2, -0.15) is 0 Å². The van der Waals surface area contributed by atoms with E-state index in [9.17, 15) is 23.5 Å². The normalized spacial score (nSPS) is 15.1. The summed E-state index contributed by atoms with van der Waals surface area (Å²) in [6.07, 6.45) is 4.00. The molecule has 0 spiro atoms. The van der Waals surface area contributed by atoms with Crippen LogP contribution in [0.15, 0.2) is 60.7 Å². The average Bonchev–Trinajstić information content (AvgIpc) is 3.25. The summed E-state index contributed by atoms with van der Waals surface area (Å²) in [5.74, 6) is -2.03. The largest absolute Gasteiger partial charge is 0.390 e. The Labute approximate surface area is 247 Å². The van der Waals surface area contributed by atoms with Crippen molar-refractivity contribution in [3.8, 4) is 0 Å². The second-order valence-electron chi connectivity index (χ2n) is 11.2. The molecule has 42 heavy (non-hydrogen) atoms. The van der Waals surface area contributed by atoms with Crippen molar-refractivity contribution in [2.45, 2.75) is 71.1 Å². The minimum Gasteiger partial charge on any atom is -0.390 e. The van der Waals surface area contributed by atoms with Gasteiger partial charge in [-0.25, -0.2) is 8.78 Å². The molecule has 1 saturated heterocycles. The monoisotopic (exact) mass is 577 g/mol. The fraction of sp³-hybridized carbons (Fsp3) is 0.412. The van der Waals surface area contributed by atoms with Gasteiger partial charge in [-0.1, -0.05) is 44.0 Å². The van der Waals surface area contributed by atoms with E-state index in [1.165, 1.54) is 17.7 Å². The number of aliphatic hydroxyl groups excluding tert-OH is 1. The van der Waals surface area contributed by atoms with E-state index in [2.05, 4.69) is 29.7 Å². The predicted molar refractivity (Wildman–Crippen MR) is 160 cm³/mol. The summed E-state index contributed by atoms with van der Waals surface area (Å²) >= 11 is 0. The van der Waals surface area contributed by atoms with Crippen LogP contribution >= 0.6 is 0 Å². The summed E-state index contributed by atoms with van der Waals surface area (Å²) < 4.78 is 27.9. The summed E-state index contributed by atoms with van der Waals surface area (Å²) in [6.45, 7) is 5.97. The molecule has 0 bridgehead atoms. The number of hydrogen-bond acceptors (Lipinski definition) is 4. The van der Waals surface area contributed by atoms with Crippen LogP contribution in [0.2, 0.25) is 0 Å². The van der Waals surface area contributed by atoms with Crippen LogP contribution in [0.5, 0.6) is 0 Å². The van der Waals surface area contributed by atoms with Crippen LogP contribution in [0.4, 0.5) is 8.78 Å². The van der Waals surface area contributed by atoms with Gasteiger partial charge in [0.05, 0.1) is 12.1 Å². The molecule has 1 aliphatic rings. The van der Waals surface area contributed by atoms with Gasteiger partial charge in [0.15, 0.2) is 0 Å². The third-order valence-corrected chi connectivity index (χ3v) is 7.72. The second-order valence-corrected chi connectivity index (χ2v) is 11.2. The molecule has 3 aromatic carbocycles. The molecule has 224 valence electrons. The Bertz CT molecular complexity index is 1350. The van der Waals surface area contributed by atoms with Crippen molar-refractivity contribution < 1.29 is 23.5 Å². The molecule has 0 aromatic heterocycles. The van der Waals surface area contributed by atoms with E-state index in [1.807, 2.05) is 24.0 Å². The maximum atomic E-state index is 14.0. The van der Waals surface area contributed by atoms with E-state index >= 15 is 0 Å². The van der Waals surface area contributed by atoms with Gasteiger partial charge in [0.25, 0.3) is 11.8 Å². The van der Waals surface area contributed by atoms with E-state index in [0.29, 0.717) is 36.3 Å². The molecular weight excluding hydrogens is 536 g/mol. The highest BCUT2D eigenvalue weighted by Crippen LogP contribution is 2.18. The topological polar surface area (TPSA) is 81.7 Å². The van der Waals surface area contributed by atoms with Crippen molar-refractivity contribution in [3.63, 3.8) is 0 Å². The zero-order valence-electron chi connectivity index (χ0n) is 24.5. The van der Waals surface area contributed by atoms with E-state index < -0.39 is 29.7 Å². The highest BCUT2D eigenvalue weighted by Gasteiger charge is 2.25. The van der Waals surface area contributed by atoms with Crippen LogP contribution in [0, 0.1) is 18.6 Å². The summed E-state index contributed by atoms with van der Waals surface area (Å²) in [5, 5.41) is 17.3.